The smallest absolute Gasteiger partial charge is 0.335 e. The highest BCUT2D eigenvalue weighted by Gasteiger charge is 2.36. The highest BCUT2D eigenvalue weighted by Crippen LogP contribution is 2.24. The van der Waals surface area contributed by atoms with Gasteiger partial charge in [0.05, 0.1) is 12.3 Å². The van der Waals surface area contributed by atoms with Crippen LogP contribution in [0, 0.1) is 0 Å². The third-order valence-electron chi connectivity index (χ3n) is 3.69. The van der Waals surface area contributed by atoms with Gasteiger partial charge in [0.15, 0.2) is 0 Å². The molecule has 7 heteroatoms. The van der Waals surface area contributed by atoms with Gasteiger partial charge in [0.2, 0.25) is 0 Å². The fourth-order valence-corrected chi connectivity index (χ4v) is 2.60. The van der Waals surface area contributed by atoms with E-state index < -0.39 is 17.8 Å². The summed E-state index contributed by atoms with van der Waals surface area (Å²) in [5.74, 6) is -0.749. The van der Waals surface area contributed by atoms with Crippen molar-refractivity contribution in [1.29, 1.82) is 0 Å². The standard InChI is InChI=1S/C19H15ClN2O4/c1-2-26-15-9-3-12(4-10-15)11-16-17(23)21-19(25)22(18(16)24)14-7-5-13(20)6-8-14/h3-11H,2H2,1H3,(H,21,23,25)/b16-11+. The van der Waals surface area contributed by atoms with Gasteiger partial charge in [0.1, 0.15) is 11.3 Å². The number of nitrogens with one attached hydrogen (secondary N) is 1. The lowest BCUT2D eigenvalue weighted by atomic mass is 10.1. The predicted octanol–water partition coefficient (Wildman–Crippen LogP) is 3.41. The summed E-state index contributed by atoms with van der Waals surface area (Å²) in [5, 5.41) is 2.65. The molecule has 6 nitrogen and oxygen atoms in total. The second kappa shape index (κ2) is 7.41. The van der Waals surface area contributed by atoms with E-state index in [1.165, 1.54) is 18.2 Å². The first-order valence-electron chi connectivity index (χ1n) is 7.89. The fraction of sp³-hybridized carbons (Fsp3) is 0.105. The normalized spacial score (nSPS) is 16.0. The Bertz CT molecular complexity index is 889. The zero-order valence-corrected chi connectivity index (χ0v) is 14.6. The van der Waals surface area contributed by atoms with Crippen LogP contribution in [0.25, 0.3) is 6.08 Å². The number of carbonyl (C=O) groups is 3. The van der Waals surface area contributed by atoms with Gasteiger partial charge in [-0.1, -0.05) is 23.7 Å². The maximum Gasteiger partial charge on any atom is 0.335 e. The molecule has 0 saturated carbocycles. The average Bonchev–Trinajstić information content (AvgIpc) is 2.62. The lowest BCUT2D eigenvalue weighted by molar-refractivity contribution is -0.122. The van der Waals surface area contributed by atoms with Crippen molar-refractivity contribution in [1.82, 2.24) is 5.32 Å². The molecular formula is C19H15ClN2O4. The van der Waals surface area contributed by atoms with Crippen LogP contribution in [-0.4, -0.2) is 24.5 Å². The van der Waals surface area contributed by atoms with E-state index in [2.05, 4.69) is 5.32 Å². The van der Waals surface area contributed by atoms with Crippen molar-refractivity contribution >= 4 is 41.2 Å². The van der Waals surface area contributed by atoms with Crippen LogP contribution in [0.1, 0.15) is 12.5 Å². The number of amides is 4. The van der Waals surface area contributed by atoms with Gasteiger partial charge in [-0.15, -0.1) is 0 Å². The van der Waals surface area contributed by atoms with Gasteiger partial charge in [-0.25, -0.2) is 9.69 Å². The molecule has 3 rings (SSSR count). The van der Waals surface area contributed by atoms with Gasteiger partial charge in [0.25, 0.3) is 11.8 Å². The molecule has 1 heterocycles. The Morgan fingerprint density at radius 3 is 2.31 bits per heavy atom. The molecule has 0 aliphatic carbocycles. The van der Waals surface area contributed by atoms with Crippen LogP contribution in [0.2, 0.25) is 5.02 Å². The Kier molecular flexibility index (Phi) is 5.04. The Labute approximate surface area is 155 Å². The Hall–Kier alpha value is -3.12. The van der Waals surface area contributed by atoms with E-state index in [4.69, 9.17) is 16.3 Å². The minimum Gasteiger partial charge on any atom is -0.494 e. The van der Waals surface area contributed by atoms with E-state index in [1.54, 1.807) is 36.4 Å². The number of barbiturate groups is 1. The van der Waals surface area contributed by atoms with Crippen molar-refractivity contribution in [3.63, 3.8) is 0 Å². The molecule has 2 aromatic rings. The third-order valence-corrected chi connectivity index (χ3v) is 3.94. The van der Waals surface area contributed by atoms with Gasteiger partial charge < -0.3 is 4.74 Å². The summed E-state index contributed by atoms with van der Waals surface area (Å²) < 4.78 is 5.36. The number of hydrogen-bond donors (Lipinski definition) is 1. The van der Waals surface area contributed by atoms with Crippen LogP contribution in [0.3, 0.4) is 0 Å². The summed E-state index contributed by atoms with van der Waals surface area (Å²) >= 11 is 5.84. The van der Waals surface area contributed by atoms with Crippen molar-refractivity contribution in [2.75, 3.05) is 11.5 Å². The second-order valence-corrected chi connectivity index (χ2v) is 5.87. The van der Waals surface area contributed by atoms with Crippen molar-refractivity contribution in [3.05, 3.63) is 64.7 Å². The van der Waals surface area contributed by atoms with Crippen LogP contribution in [0.15, 0.2) is 54.1 Å². The maximum absolute atomic E-state index is 12.7. The first-order chi connectivity index (χ1) is 12.5. The summed E-state index contributed by atoms with van der Waals surface area (Å²) in [5.41, 5.74) is 0.822. The molecule has 26 heavy (non-hydrogen) atoms. The number of ether oxygens (including phenoxy) is 1. The zero-order chi connectivity index (χ0) is 18.7. The zero-order valence-electron chi connectivity index (χ0n) is 13.9. The molecule has 0 spiro atoms. The summed E-state index contributed by atoms with van der Waals surface area (Å²) in [7, 11) is 0. The van der Waals surface area contributed by atoms with E-state index in [0.29, 0.717) is 28.6 Å². The topological polar surface area (TPSA) is 75.7 Å². The number of imide groups is 2. The summed E-state index contributed by atoms with van der Waals surface area (Å²) in [6, 6.07) is 12.3. The fourth-order valence-electron chi connectivity index (χ4n) is 2.48. The minimum absolute atomic E-state index is 0.135. The summed E-state index contributed by atoms with van der Waals surface area (Å²) in [4.78, 5) is 37.9. The molecule has 0 aromatic heterocycles. The molecule has 0 atom stereocenters. The number of rotatable bonds is 4. The lowest BCUT2D eigenvalue weighted by Gasteiger charge is -2.26. The molecular weight excluding hydrogens is 356 g/mol. The molecule has 0 unspecified atom stereocenters. The number of urea groups is 1. The molecule has 1 saturated heterocycles. The number of anilines is 1. The first-order valence-corrected chi connectivity index (χ1v) is 8.27. The van der Waals surface area contributed by atoms with Crippen LogP contribution < -0.4 is 15.0 Å². The Morgan fingerprint density at radius 2 is 1.69 bits per heavy atom. The molecule has 132 valence electrons. The highest BCUT2D eigenvalue weighted by molar-refractivity contribution is 6.39. The minimum atomic E-state index is -0.800. The first kappa shape index (κ1) is 17.7. The highest BCUT2D eigenvalue weighted by atomic mass is 35.5. The average molecular weight is 371 g/mol. The number of hydrogen-bond acceptors (Lipinski definition) is 4. The number of carbonyl (C=O) groups excluding carboxylic acids is 3. The molecule has 1 N–H and O–H groups in total. The molecule has 1 aliphatic rings. The van der Waals surface area contributed by atoms with Crippen molar-refractivity contribution in [3.8, 4) is 5.75 Å². The maximum atomic E-state index is 12.7. The number of benzene rings is 2. The van der Waals surface area contributed by atoms with Crippen molar-refractivity contribution < 1.29 is 19.1 Å². The van der Waals surface area contributed by atoms with E-state index in [-0.39, 0.29) is 5.57 Å². The van der Waals surface area contributed by atoms with Crippen LogP contribution in [-0.2, 0) is 9.59 Å². The lowest BCUT2D eigenvalue weighted by Crippen LogP contribution is -2.54. The predicted molar refractivity (Wildman–Crippen MR) is 98.1 cm³/mol. The quantitative estimate of drug-likeness (QED) is 0.661. The molecule has 1 fully saturated rings. The molecule has 0 bridgehead atoms. The van der Waals surface area contributed by atoms with Crippen molar-refractivity contribution in [2.45, 2.75) is 6.92 Å². The SMILES string of the molecule is CCOc1ccc(/C=C2\C(=O)NC(=O)N(c3ccc(Cl)cc3)C2=O)cc1. The van der Waals surface area contributed by atoms with Gasteiger partial charge in [-0.3, -0.25) is 14.9 Å². The Balaban J connectivity index is 1.93. The van der Waals surface area contributed by atoms with Gasteiger partial charge in [-0.05, 0) is 55.0 Å². The molecule has 2 aromatic carbocycles. The molecule has 4 amide bonds. The van der Waals surface area contributed by atoms with Gasteiger partial charge in [-0.2, -0.15) is 0 Å². The summed E-state index contributed by atoms with van der Waals surface area (Å²) in [6.45, 7) is 2.42. The van der Waals surface area contributed by atoms with Gasteiger partial charge >= 0.3 is 6.03 Å². The largest absolute Gasteiger partial charge is 0.494 e. The Morgan fingerprint density at radius 1 is 1.04 bits per heavy atom. The number of halogens is 1. The van der Waals surface area contributed by atoms with Gasteiger partial charge in [0, 0.05) is 5.02 Å². The van der Waals surface area contributed by atoms with Crippen molar-refractivity contribution in [2.24, 2.45) is 0 Å². The number of nitrogens with zero attached hydrogens (tertiary/aromatic N) is 1. The second-order valence-electron chi connectivity index (χ2n) is 5.44. The molecule has 1 aliphatic heterocycles. The van der Waals surface area contributed by atoms with Crippen LogP contribution in [0.4, 0.5) is 10.5 Å². The van der Waals surface area contributed by atoms with E-state index in [0.717, 1.165) is 4.90 Å². The van der Waals surface area contributed by atoms with Crippen LogP contribution >= 0.6 is 11.6 Å². The van der Waals surface area contributed by atoms with Crippen LogP contribution in [0.5, 0.6) is 5.75 Å². The third kappa shape index (κ3) is 3.60. The van der Waals surface area contributed by atoms with E-state index >= 15 is 0 Å². The van der Waals surface area contributed by atoms with E-state index in [1.807, 2.05) is 6.92 Å². The van der Waals surface area contributed by atoms with E-state index in [9.17, 15) is 14.4 Å². The molecule has 0 radical (unpaired) electrons. The monoisotopic (exact) mass is 370 g/mol. The summed E-state index contributed by atoms with van der Waals surface area (Å²) in [6.07, 6.45) is 1.43.